The van der Waals surface area contributed by atoms with Gasteiger partial charge in [0.2, 0.25) is 0 Å². The van der Waals surface area contributed by atoms with Crippen LogP contribution in [0.2, 0.25) is 0 Å². The lowest BCUT2D eigenvalue weighted by Gasteiger charge is -2.45. The Labute approximate surface area is 160 Å². The van der Waals surface area contributed by atoms with E-state index in [0.29, 0.717) is 12.0 Å². The van der Waals surface area contributed by atoms with Gasteiger partial charge in [0.05, 0.1) is 23.4 Å². The molecular formula is C22H23N5. The summed E-state index contributed by atoms with van der Waals surface area (Å²) in [5.74, 6) is -0.283. The van der Waals surface area contributed by atoms with Crippen molar-refractivity contribution in [3.63, 3.8) is 0 Å². The van der Waals surface area contributed by atoms with E-state index in [1.54, 1.807) is 0 Å². The van der Waals surface area contributed by atoms with Crippen molar-refractivity contribution >= 4 is 0 Å². The molecule has 2 N–H and O–H groups in total. The molecule has 27 heavy (non-hydrogen) atoms. The van der Waals surface area contributed by atoms with E-state index in [1.165, 1.54) is 5.56 Å². The van der Waals surface area contributed by atoms with Gasteiger partial charge >= 0.3 is 0 Å². The lowest BCUT2D eigenvalue weighted by Crippen LogP contribution is -2.49. The predicted molar refractivity (Wildman–Crippen MR) is 102 cm³/mol. The van der Waals surface area contributed by atoms with Crippen LogP contribution in [-0.2, 0) is 6.42 Å². The van der Waals surface area contributed by atoms with Crippen LogP contribution < -0.4 is 5.73 Å². The standard InChI is InChI=1S/C22H23N5/c1-2-27-11-10-17-18(12-23)21(26)22(14-24,15-25)20(19(17)13-27)9-8-16-6-4-3-5-7-16/h3-7,10,19-20H,2,8-9,11,13,26H2,1H3/t19-,20+/m0/s1. The van der Waals surface area contributed by atoms with Gasteiger partial charge in [-0.05, 0) is 30.5 Å². The second kappa shape index (κ2) is 7.67. The van der Waals surface area contributed by atoms with Gasteiger partial charge in [-0.2, -0.15) is 15.8 Å². The second-order valence-electron chi connectivity index (χ2n) is 7.18. The molecule has 1 heterocycles. The lowest BCUT2D eigenvalue weighted by molar-refractivity contribution is 0.164. The van der Waals surface area contributed by atoms with Crippen molar-refractivity contribution in [1.29, 1.82) is 15.8 Å². The van der Waals surface area contributed by atoms with Crippen molar-refractivity contribution in [2.45, 2.75) is 19.8 Å². The fourth-order valence-electron chi connectivity index (χ4n) is 4.39. The first-order valence-corrected chi connectivity index (χ1v) is 9.30. The molecule has 0 saturated carbocycles. The summed E-state index contributed by atoms with van der Waals surface area (Å²) in [6.45, 7) is 4.49. The molecule has 1 aliphatic carbocycles. The number of nitrogens with two attached hydrogens (primary N) is 1. The third-order valence-corrected chi connectivity index (χ3v) is 5.95. The molecule has 0 bridgehead atoms. The Balaban J connectivity index is 2.07. The van der Waals surface area contributed by atoms with E-state index in [4.69, 9.17) is 5.73 Å². The molecule has 0 spiro atoms. The molecule has 0 aromatic heterocycles. The zero-order valence-electron chi connectivity index (χ0n) is 15.5. The van der Waals surface area contributed by atoms with Crippen LogP contribution in [0.1, 0.15) is 18.9 Å². The molecule has 5 nitrogen and oxygen atoms in total. The molecular weight excluding hydrogens is 334 g/mol. The Morgan fingerprint density at radius 3 is 2.48 bits per heavy atom. The number of allylic oxidation sites excluding steroid dienone is 2. The number of nitriles is 3. The van der Waals surface area contributed by atoms with Gasteiger partial charge in [0.15, 0.2) is 5.41 Å². The maximum absolute atomic E-state index is 9.98. The third kappa shape index (κ3) is 3.10. The van der Waals surface area contributed by atoms with Crippen LogP contribution in [0.3, 0.4) is 0 Å². The highest BCUT2D eigenvalue weighted by Gasteiger charge is 2.53. The number of aryl methyl sites for hydroxylation is 1. The number of rotatable bonds is 4. The molecule has 0 radical (unpaired) electrons. The topological polar surface area (TPSA) is 101 Å². The van der Waals surface area contributed by atoms with Crippen molar-refractivity contribution in [1.82, 2.24) is 4.90 Å². The van der Waals surface area contributed by atoms with Crippen LogP contribution in [0, 0.1) is 51.2 Å². The third-order valence-electron chi connectivity index (χ3n) is 5.95. The normalized spacial score (nSPS) is 24.1. The minimum absolute atomic E-state index is 0.0383. The number of fused-ring (bicyclic) bond motifs is 1. The summed E-state index contributed by atoms with van der Waals surface area (Å²) in [6, 6.07) is 16.6. The highest BCUT2D eigenvalue weighted by Crippen LogP contribution is 2.50. The van der Waals surface area contributed by atoms with Gasteiger partial charge < -0.3 is 5.73 Å². The summed E-state index contributed by atoms with van der Waals surface area (Å²) in [6.07, 6.45) is 3.49. The number of hydrogen-bond acceptors (Lipinski definition) is 5. The summed E-state index contributed by atoms with van der Waals surface area (Å²) in [5, 5.41) is 29.6. The molecule has 0 unspecified atom stereocenters. The van der Waals surface area contributed by atoms with Gasteiger partial charge in [-0.25, -0.2) is 0 Å². The van der Waals surface area contributed by atoms with E-state index in [2.05, 4.69) is 48.2 Å². The van der Waals surface area contributed by atoms with E-state index in [0.717, 1.165) is 31.6 Å². The van der Waals surface area contributed by atoms with Gasteiger partial charge in [-0.15, -0.1) is 0 Å². The highest BCUT2D eigenvalue weighted by atomic mass is 15.1. The summed E-state index contributed by atoms with van der Waals surface area (Å²) in [4.78, 5) is 2.28. The van der Waals surface area contributed by atoms with Crippen molar-refractivity contribution in [3.8, 4) is 18.2 Å². The Bertz CT molecular complexity index is 877. The van der Waals surface area contributed by atoms with Gasteiger partial charge in [-0.3, -0.25) is 4.90 Å². The largest absolute Gasteiger partial charge is 0.399 e. The molecule has 5 heteroatoms. The molecule has 3 rings (SSSR count). The van der Waals surface area contributed by atoms with E-state index in [1.807, 2.05) is 18.2 Å². The van der Waals surface area contributed by atoms with Crippen molar-refractivity contribution in [2.75, 3.05) is 19.6 Å². The van der Waals surface area contributed by atoms with Gasteiger partial charge in [0, 0.05) is 24.9 Å². The first kappa shape index (κ1) is 18.7. The summed E-state index contributed by atoms with van der Waals surface area (Å²) >= 11 is 0. The van der Waals surface area contributed by atoms with E-state index < -0.39 is 5.41 Å². The second-order valence-corrected chi connectivity index (χ2v) is 7.18. The molecule has 0 amide bonds. The maximum atomic E-state index is 9.98. The minimum Gasteiger partial charge on any atom is -0.399 e. The zero-order chi connectivity index (χ0) is 19.4. The number of nitrogens with zero attached hydrogens (tertiary/aromatic N) is 4. The van der Waals surface area contributed by atoms with Crippen molar-refractivity contribution in [2.24, 2.45) is 23.0 Å². The number of likely N-dealkylation sites (N-methyl/N-ethyl adjacent to an activating group) is 1. The van der Waals surface area contributed by atoms with Gasteiger partial charge in [-0.1, -0.05) is 43.3 Å². The quantitative estimate of drug-likeness (QED) is 0.893. The molecule has 0 fully saturated rings. The summed E-state index contributed by atoms with van der Waals surface area (Å²) < 4.78 is 0. The molecule has 2 atom stereocenters. The molecule has 136 valence electrons. The Morgan fingerprint density at radius 1 is 1.19 bits per heavy atom. The summed E-state index contributed by atoms with van der Waals surface area (Å²) in [5.41, 5.74) is 7.36. The monoisotopic (exact) mass is 357 g/mol. The maximum Gasteiger partial charge on any atom is 0.187 e. The zero-order valence-corrected chi connectivity index (χ0v) is 15.5. The minimum atomic E-state index is -1.46. The molecule has 2 aliphatic rings. The van der Waals surface area contributed by atoms with Crippen molar-refractivity contribution in [3.05, 3.63) is 58.8 Å². The van der Waals surface area contributed by atoms with E-state index >= 15 is 0 Å². The van der Waals surface area contributed by atoms with Crippen LogP contribution in [0.5, 0.6) is 0 Å². The van der Waals surface area contributed by atoms with E-state index in [9.17, 15) is 15.8 Å². The Morgan fingerprint density at radius 2 is 1.89 bits per heavy atom. The van der Waals surface area contributed by atoms with Crippen LogP contribution in [0.15, 0.2) is 53.3 Å². The SMILES string of the molecule is CCN1CC=C2C(C#N)=C(N)C(C#N)(C#N)[C@H](CCc3ccccc3)[C@H]2C1. The smallest absolute Gasteiger partial charge is 0.187 e. The molecule has 1 aromatic rings. The average molecular weight is 357 g/mol. The van der Waals surface area contributed by atoms with Gasteiger partial charge in [0.1, 0.15) is 6.07 Å². The van der Waals surface area contributed by atoms with Crippen LogP contribution in [0.4, 0.5) is 0 Å². The Hall–Kier alpha value is -3.07. The first-order chi connectivity index (χ1) is 13.1. The fourth-order valence-corrected chi connectivity index (χ4v) is 4.39. The molecule has 1 aliphatic heterocycles. The van der Waals surface area contributed by atoms with Crippen molar-refractivity contribution < 1.29 is 0 Å². The number of benzene rings is 1. The van der Waals surface area contributed by atoms with Crippen LogP contribution >= 0.6 is 0 Å². The summed E-state index contributed by atoms with van der Waals surface area (Å²) in [7, 11) is 0. The predicted octanol–water partition coefficient (Wildman–Crippen LogP) is 2.90. The molecule has 0 saturated heterocycles. The first-order valence-electron chi connectivity index (χ1n) is 9.30. The highest BCUT2D eigenvalue weighted by molar-refractivity contribution is 5.56. The van der Waals surface area contributed by atoms with Crippen LogP contribution in [-0.4, -0.2) is 24.5 Å². The van der Waals surface area contributed by atoms with E-state index in [-0.39, 0.29) is 17.5 Å². The average Bonchev–Trinajstić information content (AvgIpc) is 2.72. The molecule has 1 aromatic carbocycles. The van der Waals surface area contributed by atoms with Crippen LogP contribution in [0.25, 0.3) is 0 Å². The number of hydrogen-bond donors (Lipinski definition) is 1. The van der Waals surface area contributed by atoms with Gasteiger partial charge in [0.25, 0.3) is 0 Å². The Kier molecular flexibility index (Phi) is 5.31. The fraction of sp³-hybridized carbons (Fsp3) is 0.409. The lowest BCUT2D eigenvalue weighted by atomic mass is 9.58.